The quantitative estimate of drug-likeness (QED) is 0.591. The molecule has 166 valence electrons. The number of alkyl halides is 3. The molecule has 0 N–H and O–H groups in total. The third kappa shape index (κ3) is 5.28. The first-order chi connectivity index (χ1) is 14.4. The average molecular weight is 456 g/mol. The molecule has 2 aromatic heterocycles. The second kappa shape index (κ2) is 8.38. The molecule has 2 aromatic rings. The minimum Gasteiger partial charge on any atom is -0.444 e. The maximum Gasteiger partial charge on any atom is 0.417 e. The molecule has 0 bridgehead atoms. The number of nitriles is 1. The molecule has 1 amide bonds. The van der Waals surface area contributed by atoms with E-state index in [2.05, 4.69) is 10.1 Å². The number of carbonyl (C=O) groups is 1. The highest BCUT2D eigenvalue weighted by atomic mass is 35.5. The maximum atomic E-state index is 13.3. The Kier molecular flexibility index (Phi) is 6.18. The molecule has 0 atom stereocenters. The van der Waals surface area contributed by atoms with Crippen LogP contribution in [0.2, 0.25) is 5.15 Å². The number of rotatable bonds is 2. The molecule has 31 heavy (non-hydrogen) atoms. The number of carbonyl (C=O) groups excluding carboxylic acids is 1. The summed E-state index contributed by atoms with van der Waals surface area (Å²) in [4.78, 5) is 17.8. The van der Waals surface area contributed by atoms with Crippen LogP contribution in [0.5, 0.6) is 0 Å². The summed E-state index contributed by atoms with van der Waals surface area (Å²) in [5.41, 5.74) is -2.08. The summed E-state index contributed by atoms with van der Waals surface area (Å²) in [6.45, 7) is 6.37. The molecule has 7 nitrogen and oxygen atoms in total. The van der Waals surface area contributed by atoms with Crippen molar-refractivity contribution in [3.8, 4) is 17.3 Å². The van der Waals surface area contributed by atoms with Crippen molar-refractivity contribution in [3.63, 3.8) is 0 Å². The highest BCUT2D eigenvalue weighted by Gasteiger charge is 2.36. The van der Waals surface area contributed by atoms with E-state index in [4.69, 9.17) is 21.6 Å². The highest BCUT2D eigenvalue weighted by Crippen LogP contribution is 2.37. The fourth-order valence-corrected chi connectivity index (χ4v) is 3.54. The van der Waals surface area contributed by atoms with Crippen LogP contribution < -0.4 is 0 Å². The van der Waals surface area contributed by atoms with Gasteiger partial charge in [-0.2, -0.15) is 23.5 Å². The predicted octanol–water partition coefficient (Wildman–Crippen LogP) is 5.06. The number of aromatic nitrogens is 3. The minimum atomic E-state index is -4.74. The monoisotopic (exact) mass is 455 g/mol. The van der Waals surface area contributed by atoms with Gasteiger partial charge in [-0.3, -0.25) is 4.68 Å². The lowest BCUT2D eigenvalue weighted by Gasteiger charge is -2.33. The van der Waals surface area contributed by atoms with Gasteiger partial charge in [0.1, 0.15) is 22.4 Å². The number of likely N-dealkylation sites (tertiary alicyclic amines) is 1. The van der Waals surface area contributed by atoms with Gasteiger partial charge in [0.15, 0.2) is 0 Å². The molecular weight excluding hydrogens is 435 g/mol. The van der Waals surface area contributed by atoms with Gasteiger partial charge in [-0.1, -0.05) is 11.6 Å². The van der Waals surface area contributed by atoms with E-state index >= 15 is 0 Å². The Morgan fingerprint density at radius 1 is 1.29 bits per heavy atom. The smallest absolute Gasteiger partial charge is 0.417 e. The summed E-state index contributed by atoms with van der Waals surface area (Å²) in [5.74, 6) is 0. The molecule has 0 radical (unpaired) electrons. The van der Waals surface area contributed by atoms with Crippen molar-refractivity contribution in [1.29, 1.82) is 5.26 Å². The second-order valence-electron chi connectivity index (χ2n) is 8.24. The predicted molar refractivity (Wildman–Crippen MR) is 106 cm³/mol. The van der Waals surface area contributed by atoms with E-state index in [1.165, 1.54) is 12.3 Å². The van der Waals surface area contributed by atoms with Crippen LogP contribution in [0.3, 0.4) is 0 Å². The van der Waals surface area contributed by atoms with Crippen molar-refractivity contribution in [2.45, 2.75) is 51.4 Å². The Morgan fingerprint density at radius 3 is 2.48 bits per heavy atom. The van der Waals surface area contributed by atoms with E-state index in [0.717, 1.165) is 6.07 Å². The maximum absolute atomic E-state index is 13.3. The van der Waals surface area contributed by atoms with Crippen molar-refractivity contribution in [1.82, 2.24) is 19.7 Å². The van der Waals surface area contributed by atoms with Crippen LogP contribution in [0, 0.1) is 11.3 Å². The Morgan fingerprint density at radius 2 is 1.94 bits per heavy atom. The lowest BCUT2D eigenvalue weighted by Crippen LogP contribution is -2.42. The van der Waals surface area contributed by atoms with Gasteiger partial charge in [-0.15, -0.1) is 0 Å². The summed E-state index contributed by atoms with van der Waals surface area (Å²) >= 11 is 5.83. The third-order valence-corrected chi connectivity index (χ3v) is 5.05. The van der Waals surface area contributed by atoms with E-state index < -0.39 is 28.1 Å². The average Bonchev–Trinajstić information content (AvgIpc) is 3.15. The van der Waals surface area contributed by atoms with Gasteiger partial charge in [0.2, 0.25) is 0 Å². The molecule has 1 aliphatic rings. The van der Waals surface area contributed by atoms with Crippen LogP contribution in [0.15, 0.2) is 18.5 Å². The van der Waals surface area contributed by atoms with Crippen molar-refractivity contribution in [2.24, 2.45) is 0 Å². The molecule has 3 heterocycles. The highest BCUT2D eigenvalue weighted by molar-refractivity contribution is 6.30. The second-order valence-corrected chi connectivity index (χ2v) is 8.60. The Bertz CT molecular complexity index is 1020. The normalized spacial score (nSPS) is 15.6. The lowest BCUT2D eigenvalue weighted by molar-refractivity contribution is -0.137. The molecule has 0 unspecified atom stereocenters. The van der Waals surface area contributed by atoms with Gasteiger partial charge in [0, 0.05) is 24.8 Å². The topological polar surface area (TPSA) is 84.0 Å². The van der Waals surface area contributed by atoms with Crippen molar-refractivity contribution in [3.05, 3.63) is 34.7 Å². The summed E-state index contributed by atoms with van der Waals surface area (Å²) in [5, 5.41) is 12.7. The van der Waals surface area contributed by atoms with Gasteiger partial charge in [0.05, 0.1) is 23.5 Å². The molecule has 1 saturated heterocycles. The van der Waals surface area contributed by atoms with E-state index in [1.807, 2.05) is 0 Å². The molecule has 1 aliphatic heterocycles. The summed E-state index contributed by atoms with van der Waals surface area (Å²) in [6.07, 6.45) is -0.866. The molecule has 0 spiro atoms. The van der Waals surface area contributed by atoms with Crippen LogP contribution in [0.4, 0.5) is 18.0 Å². The standard InChI is InChI=1S/C20H21ClF3N5O2/c1-19(2,3)31-18(30)28-6-4-13(5-7-28)29-11-12(10-26-29)16-8-15(20(22,23)24)14(9-25)17(21)27-16/h8,10-11,13H,4-7H2,1-3H3. The van der Waals surface area contributed by atoms with Crippen molar-refractivity contribution < 1.29 is 22.7 Å². The number of nitrogens with zero attached hydrogens (tertiary/aromatic N) is 5. The fourth-order valence-electron chi connectivity index (χ4n) is 3.30. The third-order valence-electron chi connectivity index (χ3n) is 4.78. The van der Waals surface area contributed by atoms with Crippen LogP contribution in [-0.4, -0.2) is 44.4 Å². The first-order valence-electron chi connectivity index (χ1n) is 9.59. The first-order valence-corrected chi connectivity index (χ1v) is 9.97. The SMILES string of the molecule is CC(C)(C)OC(=O)N1CCC(n2cc(-c3cc(C(F)(F)F)c(C#N)c(Cl)n3)cn2)CC1. The zero-order valence-corrected chi connectivity index (χ0v) is 18.0. The molecule has 11 heteroatoms. The minimum absolute atomic E-state index is 0.0197. The lowest BCUT2D eigenvalue weighted by atomic mass is 10.1. The number of hydrogen-bond acceptors (Lipinski definition) is 5. The van der Waals surface area contributed by atoms with Crippen LogP contribution >= 0.6 is 11.6 Å². The molecule has 0 aliphatic carbocycles. The van der Waals surface area contributed by atoms with E-state index in [0.29, 0.717) is 31.5 Å². The zero-order chi connectivity index (χ0) is 23.0. The number of amides is 1. The van der Waals surface area contributed by atoms with Crippen LogP contribution in [-0.2, 0) is 10.9 Å². The number of halogens is 4. The van der Waals surface area contributed by atoms with Gasteiger partial charge < -0.3 is 9.64 Å². The van der Waals surface area contributed by atoms with Gasteiger partial charge in [0.25, 0.3) is 0 Å². The number of hydrogen-bond donors (Lipinski definition) is 0. The summed E-state index contributed by atoms with van der Waals surface area (Å²) in [7, 11) is 0. The molecule has 0 aromatic carbocycles. The van der Waals surface area contributed by atoms with E-state index in [-0.39, 0.29) is 17.8 Å². The number of ether oxygens (including phenoxy) is 1. The largest absolute Gasteiger partial charge is 0.444 e. The van der Waals surface area contributed by atoms with Gasteiger partial charge in [-0.05, 0) is 39.7 Å². The number of piperidine rings is 1. The van der Waals surface area contributed by atoms with E-state index in [9.17, 15) is 18.0 Å². The first kappa shape index (κ1) is 22.9. The molecule has 1 fully saturated rings. The molecule has 3 rings (SSSR count). The number of pyridine rings is 1. The summed E-state index contributed by atoms with van der Waals surface area (Å²) in [6, 6.07) is 2.23. The van der Waals surface area contributed by atoms with Crippen molar-refractivity contribution in [2.75, 3.05) is 13.1 Å². The molecule has 0 saturated carbocycles. The van der Waals surface area contributed by atoms with Gasteiger partial charge >= 0.3 is 12.3 Å². The van der Waals surface area contributed by atoms with Crippen molar-refractivity contribution >= 4 is 17.7 Å². The Hall–Kier alpha value is -2.80. The zero-order valence-electron chi connectivity index (χ0n) is 17.2. The fraction of sp³-hybridized carbons (Fsp3) is 0.500. The molecular formula is C20H21ClF3N5O2. The Balaban J connectivity index is 1.76. The summed E-state index contributed by atoms with van der Waals surface area (Å²) < 4.78 is 47.0. The Labute approximate surface area is 182 Å². The van der Waals surface area contributed by atoms with Crippen LogP contribution in [0.1, 0.15) is 50.8 Å². The van der Waals surface area contributed by atoms with Crippen LogP contribution in [0.25, 0.3) is 11.3 Å². The van der Waals surface area contributed by atoms with E-state index in [1.54, 1.807) is 36.5 Å². The van der Waals surface area contributed by atoms with Gasteiger partial charge in [-0.25, -0.2) is 9.78 Å².